The molecule has 118 valence electrons. The highest BCUT2D eigenvalue weighted by atomic mass is 16.5. The molecule has 6 nitrogen and oxygen atoms in total. The molecule has 2 aromatic rings. The first kappa shape index (κ1) is 15.0. The van der Waals surface area contributed by atoms with Crippen LogP contribution < -0.4 is 15.4 Å². The molecule has 6 heteroatoms. The number of nitrogens with zero attached hydrogens (tertiary/aromatic N) is 1. The second kappa shape index (κ2) is 6.08. The molecule has 1 aromatic heterocycles. The van der Waals surface area contributed by atoms with Crippen molar-refractivity contribution >= 4 is 23.3 Å². The number of rotatable bonds is 3. The highest BCUT2D eigenvalue weighted by Gasteiger charge is 2.29. The number of ether oxygens (including phenoxy) is 1. The van der Waals surface area contributed by atoms with E-state index in [1.165, 1.54) is 0 Å². The summed E-state index contributed by atoms with van der Waals surface area (Å²) in [7, 11) is 0. The quantitative estimate of drug-likeness (QED) is 0.912. The van der Waals surface area contributed by atoms with Crippen LogP contribution in [0.5, 0.6) is 5.75 Å². The Kier molecular flexibility index (Phi) is 3.97. The van der Waals surface area contributed by atoms with Crippen LogP contribution in [-0.4, -0.2) is 22.9 Å². The molecule has 0 radical (unpaired) electrons. The van der Waals surface area contributed by atoms with Gasteiger partial charge >= 0.3 is 0 Å². The van der Waals surface area contributed by atoms with Gasteiger partial charge in [-0.25, -0.2) is 4.98 Å². The lowest BCUT2D eigenvalue weighted by Crippen LogP contribution is -2.39. The van der Waals surface area contributed by atoms with Crippen LogP contribution in [-0.2, 0) is 9.59 Å². The van der Waals surface area contributed by atoms with Crippen LogP contribution in [0.3, 0.4) is 0 Å². The Morgan fingerprint density at radius 1 is 1.35 bits per heavy atom. The number of amides is 2. The van der Waals surface area contributed by atoms with Crippen molar-refractivity contribution in [3.05, 3.63) is 47.7 Å². The van der Waals surface area contributed by atoms with Crippen molar-refractivity contribution in [1.29, 1.82) is 0 Å². The lowest BCUT2D eigenvalue weighted by Gasteiger charge is -2.25. The molecule has 1 unspecified atom stereocenters. The first-order chi connectivity index (χ1) is 11.0. The molecule has 2 N–H and O–H groups in total. The molecule has 1 atom stereocenters. The molecule has 0 bridgehead atoms. The molecule has 23 heavy (non-hydrogen) atoms. The van der Waals surface area contributed by atoms with Gasteiger partial charge in [0.05, 0.1) is 12.1 Å². The largest absolute Gasteiger partial charge is 0.478 e. The first-order valence-electron chi connectivity index (χ1n) is 7.32. The Balaban J connectivity index is 1.68. The van der Waals surface area contributed by atoms with Crippen LogP contribution in [0, 0.1) is 13.8 Å². The molecule has 0 saturated heterocycles. The smallest absolute Gasteiger partial charge is 0.266 e. The van der Waals surface area contributed by atoms with E-state index in [1.807, 2.05) is 32.0 Å². The van der Waals surface area contributed by atoms with E-state index in [0.29, 0.717) is 17.3 Å². The molecule has 1 aliphatic rings. The monoisotopic (exact) mass is 311 g/mol. The van der Waals surface area contributed by atoms with Crippen molar-refractivity contribution in [2.24, 2.45) is 0 Å². The molecule has 1 aliphatic heterocycles. The predicted molar refractivity (Wildman–Crippen MR) is 86.4 cm³/mol. The number of carbonyl (C=O) groups is 2. The second-order valence-corrected chi connectivity index (χ2v) is 5.52. The summed E-state index contributed by atoms with van der Waals surface area (Å²) >= 11 is 0. The summed E-state index contributed by atoms with van der Waals surface area (Å²) in [6.07, 6.45) is 0.675. The number of benzene rings is 1. The fourth-order valence-electron chi connectivity index (χ4n) is 2.37. The first-order valence-corrected chi connectivity index (χ1v) is 7.32. The molecule has 0 saturated carbocycles. The van der Waals surface area contributed by atoms with E-state index in [-0.39, 0.29) is 18.2 Å². The Labute approximate surface area is 133 Å². The normalized spacial score (nSPS) is 16.1. The van der Waals surface area contributed by atoms with Gasteiger partial charge < -0.3 is 15.4 Å². The van der Waals surface area contributed by atoms with Crippen LogP contribution in [0.2, 0.25) is 0 Å². The topological polar surface area (TPSA) is 80.3 Å². The Morgan fingerprint density at radius 2 is 2.17 bits per heavy atom. The van der Waals surface area contributed by atoms with E-state index in [0.717, 1.165) is 11.1 Å². The van der Waals surface area contributed by atoms with E-state index in [1.54, 1.807) is 18.3 Å². The van der Waals surface area contributed by atoms with Gasteiger partial charge in [-0.1, -0.05) is 12.1 Å². The number of hydrogen-bond acceptors (Lipinski definition) is 4. The van der Waals surface area contributed by atoms with E-state index >= 15 is 0 Å². The molecule has 2 heterocycles. The third kappa shape index (κ3) is 3.31. The van der Waals surface area contributed by atoms with E-state index in [4.69, 9.17) is 4.74 Å². The molecule has 2 amide bonds. The van der Waals surface area contributed by atoms with Crippen molar-refractivity contribution in [3.8, 4) is 5.75 Å². The molecule has 3 rings (SSSR count). The van der Waals surface area contributed by atoms with Gasteiger partial charge in [0.2, 0.25) is 5.91 Å². The third-order valence-electron chi connectivity index (χ3n) is 3.59. The van der Waals surface area contributed by atoms with Gasteiger partial charge in [-0.05, 0) is 43.2 Å². The van der Waals surface area contributed by atoms with Gasteiger partial charge in [0.15, 0.2) is 6.10 Å². The Morgan fingerprint density at radius 3 is 2.96 bits per heavy atom. The van der Waals surface area contributed by atoms with Crippen LogP contribution in [0.1, 0.15) is 17.5 Å². The molecular weight excluding hydrogens is 294 g/mol. The molecule has 0 spiro atoms. The van der Waals surface area contributed by atoms with Crippen molar-refractivity contribution in [1.82, 2.24) is 4.98 Å². The van der Waals surface area contributed by atoms with Gasteiger partial charge in [0.1, 0.15) is 11.6 Å². The maximum atomic E-state index is 12.1. The van der Waals surface area contributed by atoms with Gasteiger partial charge in [-0.15, -0.1) is 0 Å². The number of aryl methyl sites for hydroxylation is 2. The predicted octanol–water partition coefficient (Wildman–Crippen LogP) is 2.43. The average molecular weight is 311 g/mol. The lowest BCUT2D eigenvalue weighted by molar-refractivity contribution is -0.128. The summed E-state index contributed by atoms with van der Waals surface area (Å²) in [5, 5.41) is 5.47. The molecule has 0 fully saturated rings. The SMILES string of the molecule is Cc1ccc2c(c1)NC(=O)C(CC(=O)Nc1ncccc1C)O2. The number of anilines is 2. The van der Waals surface area contributed by atoms with Crippen LogP contribution in [0.25, 0.3) is 0 Å². The van der Waals surface area contributed by atoms with E-state index in [9.17, 15) is 9.59 Å². The Bertz CT molecular complexity index is 773. The minimum atomic E-state index is -0.853. The van der Waals surface area contributed by atoms with Crippen molar-refractivity contribution in [2.45, 2.75) is 26.4 Å². The lowest BCUT2D eigenvalue weighted by atomic mass is 10.1. The fraction of sp³-hybridized carbons (Fsp3) is 0.235. The number of fused-ring (bicyclic) bond motifs is 1. The minimum Gasteiger partial charge on any atom is -0.478 e. The zero-order valence-corrected chi connectivity index (χ0v) is 12.9. The van der Waals surface area contributed by atoms with E-state index < -0.39 is 6.10 Å². The summed E-state index contributed by atoms with van der Waals surface area (Å²) in [5.74, 6) is 0.422. The Hall–Kier alpha value is -2.89. The third-order valence-corrected chi connectivity index (χ3v) is 3.59. The van der Waals surface area contributed by atoms with Crippen LogP contribution in [0.4, 0.5) is 11.5 Å². The highest BCUT2D eigenvalue weighted by Crippen LogP contribution is 2.31. The second-order valence-electron chi connectivity index (χ2n) is 5.52. The van der Waals surface area contributed by atoms with Crippen LogP contribution in [0.15, 0.2) is 36.5 Å². The summed E-state index contributed by atoms with van der Waals surface area (Å²) in [6, 6.07) is 9.16. The maximum absolute atomic E-state index is 12.1. The number of pyridine rings is 1. The summed E-state index contributed by atoms with van der Waals surface area (Å²) in [6.45, 7) is 3.78. The number of carbonyl (C=O) groups excluding carboxylic acids is 2. The average Bonchev–Trinajstić information content (AvgIpc) is 2.50. The highest BCUT2D eigenvalue weighted by molar-refractivity contribution is 6.01. The van der Waals surface area contributed by atoms with E-state index in [2.05, 4.69) is 15.6 Å². The number of hydrogen-bond donors (Lipinski definition) is 2. The zero-order valence-electron chi connectivity index (χ0n) is 12.9. The number of nitrogens with one attached hydrogen (secondary N) is 2. The minimum absolute atomic E-state index is 0.0742. The van der Waals surface area contributed by atoms with Crippen molar-refractivity contribution < 1.29 is 14.3 Å². The summed E-state index contributed by atoms with van der Waals surface area (Å²) < 4.78 is 5.64. The van der Waals surface area contributed by atoms with Gasteiger partial charge in [0, 0.05) is 6.20 Å². The standard InChI is InChI=1S/C17H17N3O3/c1-10-5-6-13-12(8-10)19-17(22)14(23-13)9-15(21)20-16-11(2)4-3-7-18-16/h3-8,14H,9H2,1-2H3,(H,19,22)(H,18,20,21). The van der Waals surface area contributed by atoms with Crippen molar-refractivity contribution in [3.63, 3.8) is 0 Å². The summed E-state index contributed by atoms with van der Waals surface area (Å²) in [4.78, 5) is 28.3. The van der Waals surface area contributed by atoms with Gasteiger partial charge in [-0.3, -0.25) is 9.59 Å². The van der Waals surface area contributed by atoms with Crippen LogP contribution >= 0.6 is 0 Å². The molecular formula is C17H17N3O3. The van der Waals surface area contributed by atoms with Crippen molar-refractivity contribution in [2.75, 3.05) is 10.6 Å². The maximum Gasteiger partial charge on any atom is 0.266 e. The summed E-state index contributed by atoms with van der Waals surface area (Å²) in [5.41, 5.74) is 2.51. The molecule has 1 aromatic carbocycles. The van der Waals surface area contributed by atoms with Gasteiger partial charge in [0.25, 0.3) is 5.91 Å². The fourth-order valence-corrected chi connectivity index (χ4v) is 2.37. The zero-order chi connectivity index (χ0) is 16.4. The van der Waals surface area contributed by atoms with Gasteiger partial charge in [-0.2, -0.15) is 0 Å². The molecule has 0 aliphatic carbocycles. The number of aromatic nitrogens is 1.